The van der Waals surface area contributed by atoms with Crippen molar-refractivity contribution >= 4 is 23.2 Å². The highest BCUT2D eigenvalue weighted by atomic mass is 35.5. The lowest BCUT2D eigenvalue weighted by molar-refractivity contribution is 0.276. The first kappa shape index (κ1) is 12.7. The number of nitrogens with zero attached hydrogens (tertiary/aromatic N) is 3. The fourth-order valence-corrected chi connectivity index (χ4v) is 3.12. The van der Waals surface area contributed by atoms with Crippen molar-refractivity contribution in [1.82, 2.24) is 14.6 Å². The Balaban J connectivity index is 1.77. The molecule has 3 unspecified atom stereocenters. The molecule has 4 nitrogen and oxygen atoms in total. The highest BCUT2D eigenvalue weighted by molar-refractivity contribution is 6.30. The predicted molar refractivity (Wildman–Crippen MR) is 77.6 cm³/mol. The van der Waals surface area contributed by atoms with Crippen LogP contribution in [0.5, 0.6) is 0 Å². The molecule has 0 aliphatic heterocycles. The van der Waals surface area contributed by atoms with Crippen molar-refractivity contribution in [3.63, 3.8) is 0 Å². The Morgan fingerprint density at radius 1 is 1.32 bits per heavy atom. The van der Waals surface area contributed by atoms with E-state index in [0.29, 0.717) is 22.9 Å². The van der Waals surface area contributed by atoms with Gasteiger partial charge in [0.25, 0.3) is 0 Å². The minimum Gasteiger partial charge on any atom is -0.350 e. The van der Waals surface area contributed by atoms with Crippen molar-refractivity contribution in [1.29, 1.82) is 0 Å². The van der Waals surface area contributed by atoms with Crippen LogP contribution in [0.3, 0.4) is 0 Å². The molecule has 1 aliphatic carbocycles. The van der Waals surface area contributed by atoms with Crippen LogP contribution in [-0.4, -0.2) is 20.6 Å². The average Bonchev–Trinajstić information content (AvgIpc) is 2.74. The smallest absolute Gasteiger partial charge is 0.243 e. The van der Waals surface area contributed by atoms with Gasteiger partial charge in [-0.2, -0.15) is 4.98 Å². The lowest BCUT2D eigenvalue weighted by atomic mass is 9.80. The summed E-state index contributed by atoms with van der Waals surface area (Å²) in [5.41, 5.74) is 0.823. The number of pyridine rings is 1. The standard InChI is InChI=1S/C14H19ClN4/c1-9-3-5-12(10(2)7-9)16-14-17-13-6-4-11(15)8-19(13)18-14/h4,6,8-10,12H,3,5,7H2,1-2H3,(H,16,18). The number of hydrogen-bond donors (Lipinski definition) is 1. The molecule has 1 aliphatic rings. The lowest BCUT2D eigenvalue weighted by Gasteiger charge is -2.32. The van der Waals surface area contributed by atoms with Gasteiger partial charge in [-0.1, -0.05) is 25.4 Å². The number of aromatic nitrogens is 3. The van der Waals surface area contributed by atoms with E-state index in [1.165, 1.54) is 19.3 Å². The van der Waals surface area contributed by atoms with Crippen molar-refractivity contribution in [3.05, 3.63) is 23.4 Å². The Kier molecular flexibility index (Phi) is 3.35. The highest BCUT2D eigenvalue weighted by Crippen LogP contribution is 2.30. The Morgan fingerprint density at radius 2 is 2.16 bits per heavy atom. The first-order valence-corrected chi connectivity index (χ1v) is 7.28. The number of anilines is 1. The molecule has 3 rings (SSSR count). The number of nitrogens with one attached hydrogen (secondary N) is 1. The van der Waals surface area contributed by atoms with Crippen LogP contribution in [-0.2, 0) is 0 Å². The minimum atomic E-state index is 0.476. The van der Waals surface area contributed by atoms with Crippen molar-refractivity contribution < 1.29 is 0 Å². The SMILES string of the molecule is CC1CCC(Nc2nc3ccc(Cl)cn3n2)C(C)C1. The zero-order valence-electron chi connectivity index (χ0n) is 11.3. The van der Waals surface area contributed by atoms with Gasteiger partial charge in [0.1, 0.15) is 0 Å². The monoisotopic (exact) mass is 278 g/mol. The Bertz CT molecular complexity index is 580. The average molecular weight is 279 g/mol. The predicted octanol–water partition coefficient (Wildman–Crippen LogP) is 3.62. The van der Waals surface area contributed by atoms with Gasteiger partial charge in [-0.25, -0.2) is 4.52 Å². The molecule has 1 fully saturated rings. The summed E-state index contributed by atoms with van der Waals surface area (Å²) in [4.78, 5) is 4.48. The highest BCUT2D eigenvalue weighted by Gasteiger charge is 2.26. The van der Waals surface area contributed by atoms with Crippen molar-refractivity contribution in [2.75, 3.05) is 5.32 Å². The fourth-order valence-electron chi connectivity index (χ4n) is 2.96. The van der Waals surface area contributed by atoms with Crippen LogP contribution in [0, 0.1) is 11.8 Å². The van der Waals surface area contributed by atoms with Crippen LogP contribution in [0.2, 0.25) is 5.02 Å². The third-order valence-electron chi connectivity index (χ3n) is 4.04. The molecule has 0 bridgehead atoms. The largest absolute Gasteiger partial charge is 0.350 e. The third kappa shape index (κ3) is 2.68. The summed E-state index contributed by atoms with van der Waals surface area (Å²) in [5.74, 6) is 2.20. The van der Waals surface area contributed by atoms with Crippen molar-refractivity contribution in [2.24, 2.45) is 11.8 Å². The van der Waals surface area contributed by atoms with E-state index in [1.807, 2.05) is 12.1 Å². The van der Waals surface area contributed by atoms with Crippen molar-refractivity contribution in [2.45, 2.75) is 39.2 Å². The van der Waals surface area contributed by atoms with Crippen LogP contribution in [0.15, 0.2) is 18.3 Å². The third-order valence-corrected chi connectivity index (χ3v) is 4.26. The van der Waals surface area contributed by atoms with Gasteiger partial charge >= 0.3 is 0 Å². The number of halogens is 1. The van der Waals surface area contributed by atoms with Gasteiger partial charge in [0.15, 0.2) is 5.65 Å². The summed E-state index contributed by atoms with van der Waals surface area (Å²) < 4.78 is 1.72. The van der Waals surface area contributed by atoms with E-state index in [9.17, 15) is 0 Å². The second-order valence-electron chi connectivity index (χ2n) is 5.73. The van der Waals surface area contributed by atoms with Gasteiger partial charge in [0.05, 0.1) is 5.02 Å². The molecule has 0 aromatic carbocycles. The first-order valence-electron chi connectivity index (χ1n) is 6.90. The zero-order valence-corrected chi connectivity index (χ0v) is 12.1. The summed E-state index contributed by atoms with van der Waals surface area (Å²) in [5, 5.41) is 8.58. The number of hydrogen-bond acceptors (Lipinski definition) is 3. The minimum absolute atomic E-state index is 0.476. The molecular weight excluding hydrogens is 260 g/mol. The normalized spacial score (nSPS) is 27.6. The Labute approximate surface area is 118 Å². The molecule has 0 radical (unpaired) electrons. The summed E-state index contributed by atoms with van der Waals surface area (Å²) in [6.45, 7) is 4.64. The fraction of sp³-hybridized carbons (Fsp3) is 0.571. The molecule has 1 N–H and O–H groups in total. The van der Waals surface area contributed by atoms with E-state index in [-0.39, 0.29) is 0 Å². The van der Waals surface area contributed by atoms with Crippen molar-refractivity contribution in [3.8, 4) is 0 Å². The van der Waals surface area contributed by atoms with E-state index in [4.69, 9.17) is 11.6 Å². The first-order chi connectivity index (χ1) is 9.11. The van der Waals surface area contributed by atoms with E-state index in [1.54, 1.807) is 10.7 Å². The Hall–Kier alpha value is -1.29. The van der Waals surface area contributed by atoms with Crippen LogP contribution in [0.1, 0.15) is 33.1 Å². The van der Waals surface area contributed by atoms with Crippen LogP contribution >= 0.6 is 11.6 Å². The van der Waals surface area contributed by atoms with Crippen LogP contribution < -0.4 is 5.32 Å². The van der Waals surface area contributed by atoms with Gasteiger partial charge in [0.2, 0.25) is 5.95 Å². The summed E-state index contributed by atoms with van der Waals surface area (Å²) >= 11 is 5.95. The molecule has 0 amide bonds. The van der Waals surface area contributed by atoms with Gasteiger partial charge in [-0.15, -0.1) is 5.10 Å². The summed E-state index contributed by atoms with van der Waals surface area (Å²) in [6.07, 6.45) is 5.53. The second-order valence-corrected chi connectivity index (χ2v) is 6.17. The molecule has 0 saturated heterocycles. The molecule has 3 atom stereocenters. The van der Waals surface area contributed by atoms with Crippen LogP contribution in [0.4, 0.5) is 5.95 Å². The maximum absolute atomic E-state index is 5.95. The number of fused-ring (bicyclic) bond motifs is 1. The topological polar surface area (TPSA) is 42.2 Å². The summed E-state index contributed by atoms with van der Waals surface area (Å²) in [7, 11) is 0. The molecule has 1 saturated carbocycles. The maximum atomic E-state index is 5.95. The lowest BCUT2D eigenvalue weighted by Crippen LogP contribution is -2.33. The van der Waals surface area contributed by atoms with E-state index in [0.717, 1.165) is 11.6 Å². The summed E-state index contributed by atoms with van der Waals surface area (Å²) in [6, 6.07) is 4.19. The van der Waals surface area contributed by atoms with Gasteiger partial charge in [-0.3, -0.25) is 0 Å². The van der Waals surface area contributed by atoms with E-state index >= 15 is 0 Å². The Morgan fingerprint density at radius 3 is 2.95 bits per heavy atom. The number of rotatable bonds is 2. The molecule has 5 heteroatoms. The molecule has 19 heavy (non-hydrogen) atoms. The van der Waals surface area contributed by atoms with Gasteiger partial charge in [0, 0.05) is 12.2 Å². The zero-order chi connectivity index (χ0) is 13.4. The van der Waals surface area contributed by atoms with Crippen LogP contribution in [0.25, 0.3) is 5.65 Å². The molecule has 2 aromatic heterocycles. The molecule has 2 heterocycles. The van der Waals surface area contributed by atoms with E-state index in [2.05, 4.69) is 29.2 Å². The van der Waals surface area contributed by atoms with E-state index < -0.39 is 0 Å². The quantitative estimate of drug-likeness (QED) is 0.912. The maximum Gasteiger partial charge on any atom is 0.243 e. The second kappa shape index (κ2) is 5.00. The molecule has 102 valence electrons. The van der Waals surface area contributed by atoms with Gasteiger partial charge in [-0.05, 0) is 43.2 Å². The molecule has 2 aromatic rings. The van der Waals surface area contributed by atoms with Gasteiger partial charge < -0.3 is 5.32 Å². The molecular formula is C14H19ClN4. The molecule has 0 spiro atoms.